The fourth-order valence-electron chi connectivity index (χ4n) is 3.68. The number of rotatable bonds is 8. The van der Waals surface area contributed by atoms with Crippen molar-refractivity contribution in [2.75, 3.05) is 38.8 Å². The average molecular weight is 409 g/mol. The van der Waals surface area contributed by atoms with Gasteiger partial charge in [-0.2, -0.15) is 5.10 Å². The van der Waals surface area contributed by atoms with Crippen LogP contribution in [0.5, 0.6) is 11.5 Å². The van der Waals surface area contributed by atoms with Crippen LogP contribution in [-0.4, -0.2) is 57.0 Å². The van der Waals surface area contributed by atoms with Gasteiger partial charge in [0.2, 0.25) is 0 Å². The molecule has 2 atom stereocenters. The lowest BCUT2D eigenvalue weighted by molar-refractivity contribution is -0.893. The number of hydrogen-bond acceptors (Lipinski definition) is 5. The third kappa shape index (κ3) is 4.86. The Morgan fingerprint density at radius 1 is 1.21 bits per heavy atom. The van der Waals surface area contributed by atoms with Gasteiger partial charge in [-0.25, -0.2) is 8.42 Å². The molecule has 0 saturated carbocycles. The molecule has 1 aromatic carbocycles. The summed E-state index contributed by atoms with van der Waals surface area (Å²) in [5, 5.41) is 4.65. The minimum atomic E-state index is -2.92. The zero-order valence-corrected chi connectivity index (χ0v) is 17.9. The molecule has 2 aromatic rings. The molecule has 1 aliphatic rings. The van der Waals surface area contributed by atoms with Crippen LogP contribution in [0.4, 0.5) is 0 Å². The summed E-state index contributed by atoms with van der Waals surface area (Å²) in [5.74, 6) is 2.11. The van der Waals surface area contributed by atoms with Crippen LogP contribution in [0.1, 0.15) is 29.4 Å². The predicted octanol–water partition coefficient (Wildman–Crippen LogP) is 0.962. The summed E-state index contributed by atoms with van der Waals surface area (Å²) in [7, 11) is 0.857. The number of methoxy groups -OCH3 is 1. The van der Waals surface area contributed by atoms with Gasteiger partial charge >= 0.3 is 0 Å². The highest BCUT2D eigenvalue weighted by Crippen LogP contribution is 2.26. The Labute approximate surface area is 167 Å². The van der Waals surface area contributed by atoms with E-state index in [2.05, 4.69) is 12.1 Å². The standard InChI is InChI=1S/C20H29N3O4S/c1-15-20(16(2)23(21-15)17-9-12-28(24,25)14-17)13-22(3)10-11-27-19-7-5-18(26-4)6-8-19/h5-8,17H,9-14H2,1-4H3/p+1/t17-/m1/s1. The number of sulfone groups is 1. The van der Waals surface area contributed by atoms with E-state index in [4.69, 9.17) is 9.47 Å². The molecule has 154 valence electrons. The Kier molecular flexibility index (Phi) is 6.30. The van der Waals surface area contributed by atoms with E-state index in [-0.39, 0.29) is 17.5 Å². The van der Waals surface area contributed by atoms with Gasteiger partial charge in [-0.15, -0.1) is 0 Å². The van der Waals surface area contributed by atoms with Gasteiger partial charge in [0.1, 0.15) is 31.2 Å². The van der Waals surface area contributed by atoms with Gasteiger partial charge in [0, 0.05) is 5.69 Å². The summed E-state index contributed by atoms with van der Waals surface area (Å²) in [4.78, 5) is 1.32. The van der Waals surface area contributed by atoms with E-state index in [0.717, 1.165) is 36.0 Å². The molecule has 7 nitrogen and oxygen atoms in total. The Morgan fingerprint density at radius 3 is 2.50 bits per heavy atom. The van der Waals surface area contributed by atoms with Crippen molar-refractivity contribution < 1.29 is 22.8 Å². The number of aryl methyl sites for hydroxylation is 1. The Balaban J connectivity index is 1.55. The van der Waals surface area contributed by atoms with Crippen molar-refractivity contribution in [1.29, 1.82) is 0 Å². The van der Waals surface area contributed by atoms with E-state index in [1.807, 2.05) is 42.8 Å². The number of hydrogen-bond donors (Lipinski definition) is 1. The molecule has 1 N–H and O–H groups in total. The molecule has 2 heterocycles. The fraction of sp³-hybridized carbons (Fsp3) is 0.550. The van der Waals surface area contributed by atoms with Crippen LogP contribution in [0.2, 0.25) is 0 Å². The van der Waals surface area contributed by atoms with Crippen LogP contribution in [0.3, 0.4) is 0 Å². The Bertz CT molecular complexity index is 906. The molecule has 8 heteroatoms. The first-order valence-electron chi connectivity index (χ1n) is 9.62. The van der Waals surface area contributed by atoms with Crippen molar-refractivity contribution in [3.05, 3.63) is 41.2 Å². The lowest BCUT2D eigenvalue weighted by Crippen LogP contribution is -3.08. The summed E-state index contributed by atoms with van der Waals surface area (Å²) < 4.78 is 36.5. The number of nitrogens with zero attached hydrogens (tertiary/aromatic N) is 2. The molecule has 0 aliphatic carbocycles. The Morgan fingerprint density at radius 2 is 1.89 bits per heavy atom. The summed E-state index contributed by atoms with van der Waals surface area (Å²) in [6.45, 7) is 6.35. The first-order valence-corrected chi connectivity index (χ1v) is 11.4. The van der Waals surface area contributed by atoms with E-state index in [0.29, 0.717) is 13.0 Å². The maximum absolute atomic E-state index is 11.8. The van der Waals surface area contributed by atoms with Crippen LogP contribution in [0.25, 0.3) is 0 Å². The van der Waals surface area contributed by atoms with Crippen LogP contribution in [-0.2, 0) is 16.4 Å². The van der Waals surface area contributed by atoms with Crippen LogP contribution >= 0.6 is 0 Å². The van der Waals surface area contributed by atoms with E-state index in [1.54, 1.807) is 7.11 Å². The molecule has 1 unspecified atom stereocenters. The molecule has 0 radical (unpaired) electrons. The Hall–Kier alpha value is -2.06. The van der Waals surface area contributed by atoms with E-state index < -0.39 is 9.84 Å². The number of benzene rings is 1. The minimum absolute atomic E-state index is 0.0313. The topological polar surface area (TPSA) is 74.9 Å². The second-order valence-electron chi connectivity index (χ2n) is 7.56. The molecular weight excluding hydrogens is 378 g/mol. The van der Waals surface area contributed by atoms with E-state index in [1.165, 1.54) is 10.5 Å². The molecule has 0 spiro atoms. The van der Waals surface area contributed by atoms with Gasteiger partial charge < -0.3 is 14.4 Å². The molecule has 0 bridgehead atoms. The number of likely N-dealkylation sites (N-methyl/N-ethyl adjacent to an activating group) is 1. The van der Waals surface area contributed by atoms with E-state index >= 15 is 0 Å². The van der Waals surface area contributed by atoms with Gasteiger partial charge in [0.15, 0.2) is 9.84 Å². The highest BCUT2D eigenvalue weighted by molar-refractivity contribution is 7.91. The summed E-state index contributed by atoms with van der Waals surface area (Å²) in [6.07, 6.45) is 0.655. The lowest BCUT2D eigenvalue weighted by atomic mass is 10.1. The molecule has 1 aliphatic heterocycles. The van der Waals surface area contributed by atoms with E-state index in [9.17, 15) is 8.42 Å². The quantitative estimate of drug-likeness (QED) is 0.704. The molecule has 1 fully saturated rings. The maximum atomic E-state index is 11.8. The largest absolute Gasteiger partial charge is 0.497 e. The number of nitrogens with one attached hydrogen (secondary N) is 1. The van der Waals surface area contributed by atoms with Crippen LogP contribution in [0.15, 0.2) is 24.3 Å². The summed E-state index contributed by atoms with van der Waals surface area (Å²) >= 11 is 0. The number of quaternary nitrogens is 1. The summed E-state index contributed by atoms with van der Waals surface area (Å²) in [6, 6.07) is 7.55. The summed E-state index contributed by atoms with van der Waals surface area (Å²) in [5.41, 5.74) is 3.26. The van der Waals surface area contributed by atoms with Gasteiger partial charge in [0.05, 0.1) is 43.0 Å². The monoisotopic (exact) mass is 408 g/mol. The van der Waals surface area contributed by atoms with Crippen molar-refractivity contribution in [2.45, 2.75) is 32.9 Å². The second kappa shape index (κ2) is 8.53. The highest BCUT2D eigenvalue weighted by atomic mass is 32.2. The SMILES string of the molecule is COc1ccc(OCC[NH+](C)Cc2c(C)nn([C@@H]3CCS(=O)(=O)C3)c2C)cc1. The van der Waals surface area contributed by atoms with Gasteiger partial charge in [0.25, 0.3) is 0 Å². The number of aromatic nitrogens is 2. The van der Waals surface area contributed by atoms with Crippen LogP contribution < -0.4 is 14.4 Å². The third-order valence-electron chi connectivity index (χ3n) is 5.36. The zero-order chi connectivity index (χ0) is 20.3. The first kappa shape index (κ1) is 20.7. The van der Waals surface area contributed by atoms with Crippen molar-refractivity contribution >= 4 is 9.84 Å². The first-order chi connectivity index (χ1) is 13.3. The molecule has 1 aromatic heterocycles. The van der Waals surface area contributed by atoms with Crippen molar-refractivity contribution in [2.24, 2.45) is 0 Å². The second-order valence-corrected chi connectivity index (χ2v) is 9.79. The molecule has 28 heavy (non-hydrogen) atoms. The third-order valence-corrected chi connectivity index (χ3v) is 7.12. The van der Waals surface area contributed by atoms with Crippen molar-refractivity contribution in [3.8, 4) is 11.5 Å². The van der Waals surface area contributed by atoms with Gasteiger partial charge in [-0.1, -0.05) is 0 Å². The highest BCUT2D eigenvalue weighted by Gasteiger charge is 2.31. The fourth-order valence-corrected chi connectivity index (χ4v) is 5.37. The van der Waals surface area contributed by atoms with Gasteiger partial charge in [-0.3, -0.25) is 4.68 Å². The molecule has 3 rings (SSSR count). The van der Waals surface area contributed by atoms with Crippen molar-refractivity contribution in [1.82, 2.24) is 9.78 Å². The molecule has 0 amide bonds. The predicted molar refractivity (Wildman–Crippen MR) is 108 cm³/mol. The number of ether oxygens (including phenoxy) is 2. The minimum Gasteiger partial charge on any atom is -0.497 e. The van der Waals surface area contributed by atoms with Crippen molar-refractivity contribution in [3.63, 3.8) is 0 Å². The lowest BCUT2D eigenvalue weighted by Gasteiger charge is -2.16. The van der Waals surface area contributed by atoms with Gasteiger partial charge in [-0.05, 0) is 44.5 Å². The molecule has 1 saturated heterocycles. The average Bonchev–Trinajstić information content (AvgIpc) is 3.15. The smallest absolute Gasteiger partial charge is 0.152 e. The zero-order valence-electron chi connectivity index (χ0n) is 17.1. The molecular formula is C20H30N3O4S+. The maximum Gasteiger partial charge on any atom is 0.152 e. The van der Waals surface area contributed by atoms with Crippen LogP contribution in [0, 0.1) is 13.8 Å². The normalized spacial score (nSPS) is 19.5.